The second kappa shape index (κ2) is 8.99. The second-order valence-corrected chi connectivity index (χ2v) is 11.4. The quantitative estimate of drug-likeness (QED) is 0.536. The van der Waals surface area contributed by atoms with E-state index in [1.807, 2.05) is 6.92 Å². The van der Waals surface area contributed by atoms with Crippen molar-refractivity contribution in [1.29, 1.82) is 0 Å². The van der Waals surface area contributed by atoms with Crippen LogP contribution in [-0.2, 0) is 24.8 Å². The van der Waals surface area contributed by atoms with Gasteiger partial charge >= 0.3 is 0 Å². The van der Waals surface area contributed by atoms with Crippen molar-refractivity contribution in [2.24, 2.45) is 0 Å². The molecule has 0 bridgehead atoms. The number of nitrogens with zero attached hydrogens (tertiary/aromatic N) is 1. The minimum atomic E-state index is -3.81. The summed E-state index contributed by atoms with van der Waals surface area (Å²) in [4.78, 5) is 12.8. The van der Waals surface area contributed by atoms with Crippen molar-refractivity contribution in [2.75, 3.05) is 27.1 Å². The van der Waals surface area contributed by atoms with E-state index in [4.69, 9.17) is 4.74 Å². The maximum atomic E-state index is 12.8. The number of rotatable bonds is 6. The lowest BCUT2D eigenvalue weighted by atomic mass is 10.2. The zero-order valence-corrected chi connectivity index (χ0v) is 20.1. The first-order chi connectivity index (χ1) is 16.0. The molecule has 2 N–H and O–H groups in total. The zero-order valence-electron chi connectivity index (χ0n) is 18.4. The van der Waals surface area contributed by atoms with Crippen LogP contribution in [0.2, 0.25) is 0 Å². The normalized spacial score (nSPS) is 15.7. The summed E-state index contributed by atoms with van der Waals surface area (Å²) >= 11 is 0. The summed E-state index contributed by atoms with van der Waals surface area (Å²) in [6, 6.07) is 19.1. The molecule has 0 unspecified atom stereocenters. The van der Waals surface area contributed by atoms with Gasteiger partial charge in [0, 0.05) is 11.4 Å². The molecule has 11 heteroatoms. The molecule has 1 aliphatic rings. The number of aryl methyl sites for hydroxylation is 1. The highest BCUT2D eigenvalue weighted by atomic mass is 32.2. The lowest BCUT2D eigenvalue weighted by Crippen LogP contribution is -2.48. The molecule has 0 aliphatic carbocycles. The third-order valence-electron chi connectivity index (χ3n) is 5.16. The van der Waals surface area contributed by atoms with Crippen LogP contribution < -0.4 is 19.1 Å². The number of fused-ring (bicyclic) bond motifs is 1. The highest BCUT2D eigenvalue weighted by Crippen LogP contribution is 2.34. The molecule has 34 heavy (non-hydrogen) atoms. The van der Waals surface area contributed by atoms with Gasteiger partial charge in [0.25, 0.3) is 15.9 Å². The van der Waals surface area contributed by atoms with Crippen molar-refractivity contribution in [3.63, 3.8) is 0 Å². The Hall–Kier alpha value is -3.57. The van der Waals surface area contributed by atoms with Gasteiger partial charge in [-0.3, -0.25) is 13.8 Å². The molecule has 0 fully saturated rings. The predicted octanol–water partition coefficient (Wildman–Crippen LogP) is 2.96. The van der Waals surface area contributed by atoms with Gasteiger partial charge < -0.3 is 10.1 Å². The largest absolute Gasteiger partial charge is 0.476 e. The monoisotopic (exact) mass is 501 g/mol. The highest BCUT2D eigenvalue weighted by molar-refractivity contribution is 7.92. The summed E-state index contributed by atoms with van der Waals surface area (Å²) in [7, 11) is -7.44. The molecule has 0 saturated heterocycles. The number of anilines is 3. The van der Waals surface area contributed by atoms with Gasteiger partial charge in [0.15, 0.2) is 6.10 Å². The molecule has 4 rings (SSSR count). The Morgan fingerprint density at radius 3 is 2.18 bits per heavy atom. The first-order valence-corrected chi connectivity index (χ1v) is 13.6. The Balaban J connectivity index is 1.47. The van der Waals surface area contributed by atoms with Gasteiger partial charge in [-0.15, -0.1) is 0 Å². The summed E-state index contributed by atoms with van der Waals surface area (Å²) in [5.41, 5.74) is 2.15. The van der Waals surface area contributed by atoms with Crippen LogP contribution in [-0.4, -0.2) is 41.6 Å². The Morgan fingerprint density at radius 2 is 1.53 bits per heavy atom. The molecule has 0 radical (unpaired) electrons. The van der Waals surface area contributed by atoms with Crippen LogP contribution >= 0.6 is 0 Å². The molecule has 3 aromatic rings. The van der Waals surface area contributed by atoms with E-state index in [0.717, 1.165) is 16.1 Å². The van der Waals surface area contributed by atoms with Crippen LogP contribution in [0.25, 0.3) is 0 Å². The molecular weight excluding hydrogens is 478 g/mol. The number of ether oxygens (including phenoxy) is 1. The van der Waals surface area contributed by atoms with Gasteiger partial charge in [0.2, 0.25) is 10.0 Å². The molecule has 0 spiro atoms. The van der Waals surface area contributed by atoms with Crippen LogP contribution in [0, 0.1) is 6.92 Å². The van der Waals surface area contributed by atoms with E-state index in [0.29, 0.717) is 17.1 Å². The van der Waals surface area contributed by atoms with Crippen molar-refractivity contribution in [3.8, 4) is 5.75 Å². The number of benzene rings is 3. The van der Waals surface area contributed by atoms with Crippen LogP contribution in [0.4, 0.5) is 17.1 Å². The van der Waals surface area contributed by atoms with Crippen molar-refractivity contribution >= 4 is 43.0 Å². The number of carbonyl (C=O) groups excluding carboxylic acids is 1. The predicted molar refractivity (Wildman–Crippen MR) is 130 cm³/mol. The second-order valence-electron chi connectivity index (χ2n) is 7.85. The van der Waals surface area contributed by atoms with Crippen molar-refractivity contribution < 1.29 is 26.4 Å². The fourth-order valence-electron chi connectivity index (χ4n) is 3.43. The van der Waals surface area contributed by atoms with Crippen molar-refractivity contribution in [1.82, 2.24) is 0 Å². The summed E-state index contributed by atoms with van der Waals surface area (Å²) in [5, 5.41) is 2.65. The topological polar surface area (TPSA) is 122 Å². The lowest BCUT2D eigenvalue weighted by Gasteiger charge is -2.33. The smallest absolute Gasteiger partial charge is 0.267 e. The SMILES string of the molecule is Cc1ccc(NS(=O)(=O)c2ccc(NC(=O)[C@H]3CN(S(C)(=O)=O)c4ccccc4O3)cc2)cc1. The Kier molecular flexibility index (Phi) is 6.24. The van der Waals surface area contributed by atoms with Gasteiger partial charge in [-0.2, -0.15) is 0 Å². The molecule has 1 amide bonds. The third-order valence-corrected chi connectivity index (χ3v) is 7.71. The van der Waals surface area contributed by atoms with Gasteiger partial charge in [-0.05, 0) is 55.5 Å². The Labute approximate surface area is 198 Å². The van der Waals surface area contributed by atoms with Gasteiger partial charge in [0.05, 0.1) is 23.4 Å². The summed E-state index contributed by atoms with van der Waals surface area (Å²) in [6.45, 7) is 1.72. The van der Waals surface area contributed by atoms with Crippen LogP contribution in [0.1, 0.15) is 5.56 Å². The number of nitrogens with one attached hydrogen (secondary N) is 2. The maximum absolute atomic E-state index is 12.8. The minimum Gasteiger partial charge on any atom is -0.476 e. The first kappa shape index (κ1) is 23.6. The fraction of sp³-hybridized carbons (Fsp3) is 0.174. The highest BCUT2D eigenvalue weighted by Gasteiger charge is 2.34. The van der Waals surface area contributed by atoms with E-state index in [2.05, 4.69) is 10.0 Å². The van der Waals surface area contributed by atoms with E-state index in [1.54, 1.807) is 48.5 Å². The molecule has 3 aromatic carbocycles. The van der Waals surface area contributed by atoms with E-state index in [1.165, 1.54) is 24.3 Å². The Bertz CT molecular complexity index is 1420. The lowest BCUT2D eigenvalue weighted by molar-refractivity contribution is -0.122. The fourth-order valence-corrected chi connectivity index (χ4v) is 5.40. The summed E-state index contributed by atoms with van der Waals surface area (Å²) in [6.07, 6.45) is -0.0235. The zero-order chi connectivity index (χ0) is 24.5. The Morgan fingerprint density at radius 1 is 0.912 bits per heavy atom. The molecule has 1 aliphatic heterocycles. The van der Waals surface area contributed by atoms with Crippen molar-refractivity contribution in [3.05, 3.63) is 78.4 Å². The summed E-state index contributed by atoms with van der Waals surface area (Å²) in [5.74, 6) is -0.278. The van der Waals surface area contributed by atoms with Crippen molar-refractivity contribution in [2.45, 2.75) is 17.9 Å². The molecule has 178 valence electrons. The number of hydrogen-bond acceptors (Lipinski definition) is 6. The average molecular weight is 502 g/mol. The van der Waals surface area contributed by atoms with E-state index in [9.17, 15) is 21.6 Å². The van der Waals surface area contributed by atoms with Crippen LogP contribution in [0.5, 0.6) is 5.75 Å². The van der Waals surface area contributed by atoms with Crippen LogP contribution in [0.15, 0.2) is 77.7 Å². The maximum Gasteiger partial charge on any atom is 0.267 e. The molecule has 0 aromatic heterocycles. The third kappa shape index (κ3) is 5.15. The number of para-hydroxylation sites is 2. The number of amides is 1. The first-order valence-electron chi connectivity index (χ1n) is 10.3. The number of sulfonamides is 2. The number of hydrogen-bond donors (Lipinski definition) is 2. The summed E-state index contributed by atoms with van der Waals surface area (Å²) < 4.78 is 59.1. The van der Waals surface area contributed by atoms with E-state index >= 15 is 0 Å². The standard InChI is InChI=1S/C23H23N3O6S2/c1-16-7-9-18(10-8-16)25-34(30,31)19-13-11-17(12-14-19)24-23(27)22-15-26(33(2,28)29)20-5-3-4-6-21(20)32-22/h3-14,22,25H,15H2,1-2H3,(H,24,27)/t22-/m1/s1. The van der Waals surface area contributed by atoms with E-state index < -0.39 is 32.1 Å². The molecular formula is C23H23N3O6S2. The minimum absolute atomic E-state index is 0.0252. The molecule has 9 nitrogen and oxygen atoms in total. The van der Waals surface area contributed by atoms with Gasteiger partial charge in [-0.25, -0.2) is 16.8 Å². The van der Waals surface area contributed by atoms with E-state index in [-0.39, 0.29) is 17.2 Å². The van der Waals surface area contributed by atoms with Crippen LogP contribution in [0.3, 0.4) is 0 Å². The van der Waals surface area contributed by atoms with Gasteiger partial charge in [0.1, 0.15) is 5.75 Å². The molecule has 1 heterocycles. The number of carbonyl (C=O) groups is 1. The molecule has 0 saturated carbocycles. The van der Waals surface area contributed by atoms with Gasteiger partial charge in [-0.1, -0.05) is 29.8 Å². The average Bonchev–Trinajstić information content (AvgIpc) is 2.79. The molecule has 1 atom stereocenters.